The molecule has 106 valence electrons. The second kappa shape index (κ2) is 6.81. The van der Waals surface area contributed by atoms with Crippen molar-refractivity contribution in [2.75, 3.05) is 6.54 Å². The largest absolute Gasteiger partial charge is 0.313 e. The highest BCUT2D eigenvalue weighted by molar-refractivity contribution is 5.34. The third kappa shape index (κ3) is 3.89. The number of nitrogens with one attached hydrogen (secondary N) is 1. The van der Waals surface area contributed by atoms with Gasteiger partial charge < -0.3 is 5.32 Å². The Bertz CT molecular complexity index is 580. The zero-order valence-electron chi connectivity index (χ0n) is 11.5. The van der Waals surface area contributed by atoms with E-state index in [1.54, 1.807) is 16.8 Å². The van der Waals surface area contributed by atoms with Crippen LogP contribution in [0.15, 0.2) is 36.7 Å². The fraction of sp³-hybridized carbons (Fsp3) is 0.357. The Morgan fingerprint density at radius 1 is 1.40 bits per heavy atom. The van der Waals surface area contributed by atoms with Crippen LogP contribution in [0, 0.1) is 10.1 Å². The monoisotopic (exact) mass is 274 g/mol. The van der Waals surface area contributed by atoms with Crippen molar-refractivity contribution < 1.29 is 4.92 Å². The quantitative estimate of drug-likeness (QED) is 0.478. The zero-order chi connectivity index (χ0) is 14.4. The standard InChI is InChI=1S/C14H18N4O2/c1-2-6-15-8-13-9-16-17(11-13)10-12-4-3-5-14(7-12)18(19)20/h3-5,7,9,11,15H,2,6,8,10H2,1H3. The maximum absolute atomic E-state index is 10.7. The fourth-order valence-electron chi connectivity index (χ4n) is 1.95. The molecule has 0 saturated carbocycles. The Kier molecular flexibility index (Phi) is 4.84. The van der Waals surface area contributed by atoms with Gasteiger partial charge in [0.2, 0.25) is 0 Å². The highest BCUT2D eigenvalue weighted by Gasteiger charge is 2.06. The van der Waals surface area contributed by atoms with Crippen molar-refractivity contribution in [1.29, 1.82) is 0 Å². The number of hydrogen-bond acceptors (Lipinski definition) is 4. The van der Waals surface area contributed by atoms with Gasteiger partial charge in [0, 0.05) is 30.4 Å². The van der Waals surface area contributed by atoms with Gasteiger partial charge in [0.15, 0.2) is 0 Å². The maximum Gasteiger partial charge on any atom is 0.269 e. The summed E-state index contributed by atoms with van der Waals surface area (Å²) in [6, 6.07) is 6.63. The molecule has 6 heteroatoms. The van der Waals surface area contributed by atoms with E-state index in [4.69, 9.17) is 0 Å². The van der Waals surface area contributed by atoms with Crippen molar-refractivity contribution >= 4 is 5.69 Å². The van der Waals surface area contributed by atoms with Crippen molar-refractivity contribution in [3.8, 4) is 0 Å². The van der Waals surface area contributed by atoms with E-state index in [0.29, 0.717) is 6.54 Å². The molecule has 0 fully saturated rings. The summed E-state index contributed by atoms with van der Waals surface area (Å²) in [7, 11) is 0. The van der Waals surface area contributed by atoms with Gasteiger partial charge in [0.1, 0.15) is 0 Å². The van der Waals surface area contributed by atoms with E-state index in [1.807, 2.05) is 18.5 Å². The summed E-state index contributed by atoms with van der Waals surface area (Å²) in [5.74, 6) is 0. The average Bonchev–Trinajstić information content (AvgIpc) is 2.87. The second-order valence-corrected chi connectivity index (χ2v) is 4.65. The molecule has 0 spiro atoms. The van der Waals surface area contributed by atoms with E-state index in [-0.39, 0.29) is 10.6 Å². The van der Waals surface area contributed by atoms with Crippen molar-refractivity contribution in [3.63, 3.8) is 0 Å². The molecule has 20 heavy (non-hydrogen) atoms. The van der Waals surface area contributed by atoms with Crippen LogP contribution in [0.2, 0.25) is 0 Å². The van der Waals surface area contributed by atoms with Crippen LogP contribution in [0.5, 0.6) is 0 Å². The van der Waals surface area contributed by atoms with E-state index >= 15 is 0 Å². The lowest BCUT2D eigenvalue weighted by Gasteiger charge is -2.02. The van der Waals surface area contributed by atoms with Crippen LogP contribution >= 0.6 is 0 Å². The topological polar surface area (TPSA) is 73.0 Å². The number of hydrogen-bond donors (Lipinski definition) is 1. The van der Waals surface area contributed by atoms with Gasteiger partial charge in [-0.1, -0.05) is 19.1 Å². The molecule has 1 aromatic carbocycles. The molecule has 2 aromatic rings. The Morgan fingerprint density at radius 2 is 2.25 bits per heavy atom. The second-order valence-electron chi connectivity index (χ2n) is 4.65. The van der Waals surface area contributed by atoms with Gasteiger partial charge in [0.05, 0.1) is 17.7 Å². The van der Waals surface area contributed by atoms with Crippen LogP contribution in [0.3, 0.4) is 0 Å². The molecule has 0 aliphatic rings. The molecule has 0 aliphatic heterocycles. The first kappa shape index (κ1) is 14.2. The molecule has 0 radical (unpaired) electrons. The number of benzene rings is 1. The van der Waals surface area contributed by atoms with Crippen molar-refractivity contribution in [2.45, 2.75) is 26.4 Å². The SMILES string of the molecule is CCCNCc1cnn(Cc2cccc([N+](=O)[O-])c2)c1. The number of nitro groups is 1. The Morgan fingerprint density at radius 3 is 3.00 bits per heavy atom. The predicted molar refractivity (Wildman–Crippen MR) is 76.4 cm³/mol. The molecule has 1 heterocycles. The predicted octanol–water partition coefficient (Wildman–Crippen LogP) is 2.34. The Balaban J connectivity index is 1.99. The lowest BCUT2D eigenvalue weighted by atomic mass is 10.2. The highest BCUT2D eigenvalue weighted by atomic mass is 16.6. The molecule has 0 amide bonds. The van der Waals surface area contributed by atoms with Gasteiger partial charge in [-0.15, -0.1) is 0 Å². The first-order valence-electron chi connectivity index (χ1n) is 6.64. The van der Waals surface area contributed by atoms with E-state index in [9.17, 15) is 10.1 Å². The first-order valence-corrected chi connectivity index (χ1v) is 6.64. The minimum absolute atomic E-state index is 0.111. The van der Waals surface area contributed by atoms with Gasteiger partial charge in [0.25, 0.3) is 5.69 Å². The molecule has 0 atom stereocenters. The molecule has 0 saturated heterocycles. The van der Waals surface area contributed by atoms with Crippen LogP contribution in [-0.2, 0) is 13.1 Å². The van der Waals surface area contributed by atoms with E-state index in [2.05, 4.69) is 17.3 Å². The van der Waals surface area contributed by atoms with E-state index in [1.165, 1.54) is 6.07 Å². The van der Waals surface area contributed by atoms with Gasteiger partial charge in [-0.3, -0.25) is 14.8 Å². The number of non-ortho nitro benzene ring substituents is 1. The summed E-state index contributed by atoms with van der Waals surface area (Å²) < 4.78 is 1.79. The maximum atomic E-state index is 10.7. The molecule has 1 N–H and O–H groups in total. The van der Waals surface area contributed by atoms with Crippen molar-refractivity contribution in [1.82, 2.24) is 15.1 Å². The van der Waals surface area contributed by atoms with E-state index in [0.717, 1.165) is 30.6 Å². The minimum atomic E-state index is -0.382. The Hall–Kier alpha value is -2.21. The zero-order valence-corrected chi connectivity index (χ0v) is 11.5. The summed E-state index contributed by atoms with van der Waals surface area (Å²) in [5.41, 5.74) is 2.10. The number of nitro benzene ring substituents is 1. The van der Waals surface area contributed by atoms with E-state index < -0.39 is 0 Å². The number of aromatic nitrogens is 2. The average molecular weight is 274 g/mol. The van der Waals surface area contributed by atoms with Gasteiger partial charge in [-0.05, 0) is 18.5 Å². The summed E-state index contributed by atoms with van der Waals surface area (Å²) in [6.45, 7) is 4.44. The number of rotatable bonds is 7. The first-order chi connectivity index (χ1) is 9.69. The summed E-state index contributed by atoms with van der Waals surface area (Å²) >= 11 is 0. The van der Waals surface area contributed by atoms with Crippen molar-refractivity contribution in [3.05, 3.63) is 57.9 Å². The normalized spacial score (nSPS) is 10.7. The molecule has 2 rings (SSSR count). The van der Waals surface area contributed by atoms with Crippen molar-refractivity contribution in [2.24, 2.45) is 0 Å². The Labute approximate surface area is 117 Å². The highest BCUT2D eigenvalue weighted by Crippen LogP contribution is 2.14. The minimum Gasteiger partial charge on any atom is -0.313 e. The molecule has 0 aliphatic carbocycles. The smallest absolute Gasteiger partial charge is 0.269 e. The van der Waals surface area contributed by atoms with Crippen LogP contribution in [0.1, 0.15) is 24.5 Å². The summed E-state index contributed by atoms with van der Waals surface area (Å²) in [4.78, 5) is 10.3. The van der Waals surface area contributed by atoms with Crippen LogP contribution in [-0.4, -0.2) is 21.2 Å². The summed E-state index contributed by atoms with van der Waals surface area (Å²) in [6.07, 6.45) is 4.88. The van der Waals surface area contributed by atoms with Gasteiger partial charge in [-0.2, -0.15) is 5.10 Å². The molecule has 0 unspecified atom stereocenters. The molecular formula is C14H18N4O2. The van der Waals surface area contributed by atoms with Crippen LogP contribution in [0.25, 0.3) is 0 Å². The lowest BCUT2D eigenvalue weighted by Crippen LogP contribution is -2.13. The van der Waals surface area contributed by atoms with Crippen LogP contribution in [0.4, 0.5) is 5.69 Å². The number of nitrogens with zero attached hydrogens (tertiary/aromatic N) is 3. The van der Waals surface area contributed by atoms with Crippen LogP contribution < -0.4 is 5.32 Å². The molecule has 1 aromatic heterocycles. The van der Waals surface area contributed by atoms with Gasteiger partial charge in [-0.25, -0.2) is 0 Å². The third-order valence-corrected chi connectivity index (χ3v) is 2.91. The van der Waals surface area contributed by atoms with Gasteiger partial charge >= 0.3 is 0 Å². The third-order valence-electron chi connectivity index (χ3n) is 2.91. The molecule has 6 nitrogen and oxygen atoms in total. The molecular weight excluding hydrogens is 256 g/mol. The lowest BCUT2D eigenvalue weighted by molar-refractivity contribution is -0.384. The molecule has 0 bridgehead atoms. The summed E-state index contributed by atoms with van der Waals surface area (Å²) in [5, 5.41) is 18.3. The fourth-order valence-corrected chi connectivity index (χ4v) is 1.95.